The summed E-state index contributed by atoms with van der Waals surface area (Å²) in [6.07, 6.45) is 0. The number of aromatic nitrogens is 1. The highest BCUT2D eigenvalue weighted by Gasteiger charge is 2.65. The molecule has 1 N–H and O–H groups in total. The maximum absolute atomic E-state index is 12.9. The van der Waals surface area contributed by atoms with Gasteiger partial charge in [0.05, 0.1) is 11.2 Å². The molecule has 1 aliphatic heterocycles. The Hall–Kier alpha value is -1.26. The minimum Gasteiger partial charge on any atom is -0.398 e. The second-order valence-electron chi connectivity index (χ2n) is 7.03. The fourth-order valence-corrected chi connectivity index (χ4v) is 3.15. The number of fused-ring (bicyclic) bond motifs is 1. The van der Waals surface area contributed by atoms with Crippen LogP contribution < -0.4 is 5.59 Å². The van der Waals surface area contributed by atoms with Crippen LogP contribution in [-0.4, -0.2) is 23.3 Å². The summed E-state index contributed by atoms with van der Waals surface area (Å²) in [5, 5.41) is 0.0189. The minimum atomic E-state index is -9.71. The number of aromatic amines is 1. The smallest absolute Gasteiger partial charge is 0.398 e. The third kappa shape index (κ3) is 2.91. The summed E-state index contributed by atoms with van der Waals surface area (Å²) in [5.41, 5.74) is -0.568. The van der Waals surface area contributed by atoms with Gasteiger partial charge >= 0.3 is 17.3 Å². The number of hydrogen-bond acceptors (Lipinski definition) is 2. The fraction of sp³-hybridized carbons (Fsp3) is 0.429. The van der Waals surface area contributed by atoms with Crippen LogP contribution >= 0.6 is 10.2 Å². The van der Waals surface area contributed by atoms with Gasteiger partial charge in [-0.2, -0.15) is 0 Å². The van der Waals surface area contributed by atoms with Gasteiger partial charge in [0.2, 0.25) is 0 Å². The van der Waals surface area contributed by atoms with Crippen molar-refractivity contribution in [2.75, 3.05) is 0 Å². The van der Waals surface area contributed by atoms with E-state index in [9.17, 15) is 19.4 Å². The van der Waals surface area contributed by atoms with Crippen molar-refractivity contribution in [1.82, 2.24) is 4.98 Å². The van der Waals surface area contributed by atoms with E-state index in [1.807, 2.05) is 27.7 Å². The van der Waals surface area contributed by atoms with Crippen molar-refractivity contribution in [3.05, 3.63) is 24.3 Å². The Morgan fingerprint density at radius 3 is 1.96 bits per heavy atom. The predicted molar refractivity (Wildman–Crippen MR) is 85.4 cm³/mol. The van der Waals surface area contributed by atoms with E-state index in [1.165, 1.54) is 6.07 Å². The maximum Gasteiger partial charge on any atom is 0.512 e. The molecule has 3 nitrogen and oxygen atoms in total. The van der Waals surface area contributed by atoms with Gasteiger partial charge in [-0.3, -0.25) is 0 Å². The van der Waals surface area contributed by atoms with Crippen molar-refractivity contribution >= 4 is 33.8 Å². The van der Waals surface area contributed by atoms with Crippen LogP contribution in [0.5, 0.6) is 0 Å². The van der Waals surface area contributed by atoms with Crippen LogP contribution in [-0.2, 0) is 9.31 Å². The van der Waals surface area contributed by atoms with Crippen LogP contribution in [0.1, 0.15) is 27.7 Å². The van der Waals surface area contributed by atoms with Crippen LogP contribution in [0.3, 0.4) is 0 Å². The molecule has 1 fully saturated rings. The van der Waals surface area contributed by atoms with Crippen LogP contribution in [0.15, 0.2) is 29.2 Å². The molecule has 2 heterocycles. The Balaban J connectivity index is 2.03. The summed E-state index contributed by atoms with van der Waals surface area (Å²) in [5.74, 6) is 0. The first-order valence-corrected chi connectivity index (χ1v) is 9.16. The molecule has 24 heavy (non-hydrogen) atoms. The van der Waals surface area contributed by atoms with E-state index in [2.05, 4.69) is 4.98 Å². The first-order chi connectivity index (χ1) is 10.5. The first-order valence-electron chi connectivity index (χ1n) is 7.21. The third-order valence-electron chi connectivity index (χ3n) is 4.57. The van der Waals surface area contributed by atoms with Crippen molar-refractivity contribution in [3.63, 3.8) is 0 Å². The minimum absolute atomic E-state index is 0.0189. The number of hydrogen-bond donors (Lipinski definition) is 1. The number of benzene rings is 1. The van der Waals surface area contributed by atoms with Gasteiger partial charge in [-0.05, 0) is 52.0 Å². The highest BCUT2D eigenvalue weighted by atomic mass is 32.5. The van der Waals surface area contributed by atoms with E-state index < -0.39 is 33.4 Å². The molecule has 134 valence electrons. The Labute approximate surface area is 136 Å². The number of rotatable bonds is 2. The lowest BCUT2D eigenvalue weighted by Gasteiger charge is -2.40. The number of nitrogens with one attached hydrogen (secondary N) is 1. The van der Waals surface area contributed by atoms with Gasteiger partial charge in [-0.25, -0.2) is 0 Å². The lowest BCUT2D eigenvalue weighted by molar-refractivity contribution is 0.00578. The maximum atomic E-state index is 12.9. The third-order valence-corrected chi connectivity index (χ3v) is 5.71. The lowest BCUT2D eigenvalue weighted by atomic mass is 9.85. The predicted octanol–water partition coefficient (Wildman–Crippen LogP) is 5.12. The van der Waals surface area contributed by atoms with Gasteiger partial charge in [0, 0.05) is 16.5 Å². The molecular weight excluding hydrogens is 352 g/mol. The average molecular weight is 369 g/mol. The molecule has 0 saturated carbocycles. The molecule has 0 amide bonds. The van der Waals surface area contributed by atoms with Gasteiger partial charge in [0.15, 0.2) is 0 Å². The van der Waals surface area contributed by atoms with Crippen molar-refractivity contribution in [2.24, 2.45) is 0 Å². The first kappa shape index (κ1) is 17.6. The molecule has 1 saturated heterocycles. The van der Waals surface area contributed by atoms with Gasteiger partial charge in [-0.15, -0.1) is 0 Å². The molecular formula is C14H17BF5NO2S. The second kappa shape index (κ2) is 4.11. The average Bonchev–Trinajstić information content (AvgIpc) is 2.84. The number of H-pyrrole nitrogens is 1. The molecule has 1 aromatic carbocycles. The Morgan fingerprint density at radius 1 is 0.917 bits per heavy atom. The molecule has 0 spiro atoms. The van der Waals surface area contributed by atoms with E-state index in [0.717, 1.165) is 6.07 Å². The standard InChI is InChI=1S/C14H17BF5NO2S/c1-13(2)14(3,4)23-15(22-13)12-8-9-7-10(5-6-11(9)21-12)24(16,17,18,19)20/h5-8,21H,1-4H3. The summed E-state index contributed by atoms with van der Waals surface area (Å²) in [4.78, 5) is 0.953. The van der Waals surface area contributed by atoms with Crippen molar-refractivity contribution in [2.45, 2.75) is 43.8 Å². The molecule has 0 aliphatic carbocycles. The summed E-state index contributed by atoms with van der Waals surface area (Å²) in [6.45, 7) is 7.34. The highest BCUT2D eigenvalue weighted by molar-refractivity contribution is 8.45. The summed E-state index contributed by atoms with van der Waals surface area (Å²) < 4.78 is 76.2. The van der Waals surface area contributed by atoms with Crippen LogP contribution in [0, 0.1) is 0 Å². The Kier molecular flexibility index (Phi) is 3.00. The monoisotopic (exact) mass is 369 g/mol. The summed E-state index contributed by atoms with van der Waals surface area (Å²) in [6, 6.07) is 3.15. The molecule has 0 atom stereocenters. The van der Waals surface area contributed by atoms with Gasteiger partial charge in [-0.1, -0.05) is 19.4 Å². The fourth-order valence-electron chi connectivity index (χ4n) is 2.47. The topological polar surface area (TPSA) is 34.2 Å². The van der Waals surface area contributed by atoms with Gasteiger partial charge < -0.3 is 14.3 Å². The van der Waals surface area contributed by atoms with Crippen LogP contribution in [0.2, 0.25) is 0 Å². The van der Waals surface area contributed by atoms with E-state index >= 15 is 0 Å². The summed E-state index contributed by atoms with van der Waals surface area (Å²) >= 11 is 0. The van der Waals surface area contributed by atoms with E-state index in [4.69, 9.17) is 9.31 Å². The normalized spacial score (nSPS) is 23.3. The second-order valence-corrected chi connectivity index (χ2v) is 9.44. The molecule has 3 rings (SSSR count). The number of halogens is 5. The Bertz CT molecular complexity index is 815. The van der Waals surface area contributed by atoms with E-state index in [-0.39, 0.29) is 5.39 Å². The quantitative estimate of drug-likeness (QED) is 0.589. The SMILES string of the molecule is CC1(C)OB(c2cc3cc(S(F)(F)(F)(F)F)ccc3[nH]2)OC1(C)C. The zero-order valence-corrected chi connectivity index (χ0v) is 14.3. The molecule has 1 aliphatic rings. The zero-order chi connectivity index (χ0) is 18.2. The molecule has 10 heteroatoms. The summed E-state index contributed by atoms with van der Waals surface area (Å²) in [7, 11) is -10.5. The zero-order valence-electron chi connectivity index (χ0n) is 13.5. The highest BCUT2D eigenvalue weighted by Crippen LogP contribution is 3.02. The van der Waals surface area contributed by atoms with E-state index in [1.54, 1.807) is 0 Å². The molecule has 0 radical (unpaired) electrons. The van der Waals surface area contributed by atoms with Crippen molar-refractivity contribution < 1.29 is 28.7 Å². The molecule has 2 aromatic rings. The van der Waals surface area contributed by atoms with E-state index in [0.29, 0.717) is 23.2 Å². The Morgan fingerprint density at radius 2 is 1.46 bits per heavy atom. The van der Waals surface area contributed by atoms with Gasteiger partial charge in [0.1, 0.15) is 4.90 Å². The lowest BCUT2D eigenvalue weighted by Crippen LogP contribution is -2.41. The van der Waals surface area contributed by atoms with Crippen molar-refractivity contribution in [1.29, 1.82) is 0 Å². The largest absolute Gasteiger partial charge is 0.512 e. The molecule has 0 bridgehead atoms. The van der Waals surface area contributed by atoms with Crippen LogP contribution in [0.25, 0.3) is 10.9 Å². The molecule has 1 aromatic heterocycles. The van der Waals surface area contributed by atoms with Gasteiger partial charge in [0.25, 0.3) is 0 Å². The van der Waals surface area contributed by atoms with Crippen molar-refractivity contribution in [3.8, 4) is 0 Å². The van der Waals surface area contributed by atoms with Crippen LogP contribution in [0.4, 0.5) is 19.4 Å². The molecule has 0 unspecified atom stereocenters.